The Kier molecular flexibility index (Phi) is 4.47. The van der Waals surface area contributed by atoms with Crippen LogP contribution in [-0.4, -0.2) is 44.0 Å². The lowest BCUT2D eigenvalue weighted by atomic mass is 10.1. The molecule has 152 valence electrons. The van der Waals surface area contributed by atoms with Gasteiger partial charge in [-0.05, 0) is 12.1 Å². The first-order chi connectivity index (χ1) is 14.6. The van der Waals surface area contributed by atoms with E-state index in [2.05, 4.69) is 20.2 Å². The molecule has 30 heavy (non-hydrogen) atoms. The van der Waals surface area contributed by atoms with Crippen LogP contribution in [0.1, 0.15) is 5.56 Å². The van der Waals surface area contributed by atoms with Crippen molar-refractivity contribution in [1.82, 2.24) is 24.9 Å². The summed E-state index contributed by atoms with van der Waals surface area (Å²) in [4.78, 5) is 10.2. The Bertz CT molecular complexity index is 1190. The average molecular weight is 409 g/mol. The highest BCUT2D eigenvalue weighted by molar-refractivity contribution is 5.63. The van der Waals surface area contributed by atoms with Crippen molar-refractivity contribution < 1.29 is 13.3 Å². The molecule has 4 heterocycles. The molecule has 10 heteroatoms. The maximum absolute atomic E-state index is 14.2. The van der Waals surface area contributed by atoms with E-state index in [9.17, 15) is 8.78 Å². The normalized spacial score (nSPS) is 14.2. The number of benzene rings is 1. The summed E-state index contributed by atoms with van der Waals surface area (Å²) in [7, 11) is 0. The topological polar surface area (TPSA) is 98.9 Å². The smallest absolute Gasteiger partial charge is 0.183 e. The maximum atomic E-state index is 14.2. The number of halogens is 2. The summed E-state index contributed by atoms with van der Waals surface area (Å²) in [6.45, 7) is 1.22. The number of nitrogens with two attached hydrogens (primary N) is 1. The van der Waals surface area contributed by atoms with Gasteiger partial charge in [-0.1, -0.05) is 23.4 Å². The zero-order chi connectivity index (χ0) is 20.7. The summed E-state index contributed by atoms with van der Waals surface area (Å²) < 4.78 is 35.0. The lowest BCUT2D eigenvalue weighted by Crippen LogP contribution is -2.56. The van der Waals surface area contributed by atoms with Crippen molar-refractivity contribution in [1.29, 1.82) is 0 Å². The highest BCUT2D eigenvalue weighted by Gasteiger charge is 2.28. The minimum absolute atomic E-state index is 0.00145. The second-order valence-corrected chi connectivity index (χ2v) is 7.08. The van der Waals surface area contributed by atoms with Crippen molar-refractivity contribution in [2.75, 3.05) is 18.0 Å². The van der Waals surface area contributed by atoms with Gasteiger partial charge in [0.05, 0.1) is 18.4 Å². The Hall–Kier alpha value is -3.66. The Morgan fingerprint density at radius 1 is 1.10 bits per heavy atom. The van der Waals surface area contributed by atoms with E-state index in [1.165, 1.54) is 12.3 Å². The molecule has 0 aliphatic carbocycles. The predicted molar refractivity (Wildman–Crippen MR) is 104 cm³/mol. The van der Waals surface area contributed by atoms with Crippen molar-refractivity contribution >= 4 is 5.82 Å². The molecule has 1 saturated heterocycles. The van der Waals surface area contributed by atoms with E-state index in [0.717, 1.165) is 6.20 Å². The molecule has 0 saturated carbocycles. The van der Waals surface area contributed by atoms with Gasteiger partial charge in [0.2, 0.25) is 0 Å². The third-order valence-electron chi connectivity index (χ3n) is 4.92. The number of nitrogens with zero attached hydrogens (tertiary/aromatic N) is 6. The van der Waals surface area contributed by atoms with Gasteiger partial charge in [0, 0.05) is 30.8 Å². The molecule has 1 aliphatic rings. The van der Waals surface area contributed by atoms with E-state index in [1.807, 2.05) is 0 Å². The Morgan fingerprint density at radius 2 is 1.93 bits per heavy atom. The number of hydrogen-bond donors (Lipinski definition) is 1. The van der Waals surface area contributed by atoms with E-state index in [4.69, 9.17) is 10.3 Å². The Morgan fingerprint density at radius 3 is 2.67 bits per heavy atom. The monoisotopic (exact) mass is 409 g/mol. The SMILES string of the molecule is NC1CN(c2nc(-c3cc(-c4ccon4)n(Cc4ccccc4F)n3)ncc2F)C1. The van der Waals surface area contributed by atoms with Crippen molar-refractivity contribution in [3.63, 3.8) is 0 Å². The van der Waals surface area contributed by atoms with Crippen molar-refractivity contribution in [2.24, 2.45) is 5.73 Å². The molecule has 2 N–H and O–H groups in total. The van der Waals surface area contributed by atoms with E-state index >= 15 is 0 Å². The van der Waals surface area contributed by atoms with Crippen LogP contribution in [0.3, 0.4) is 0 Å². The van der Waals surface area contributed by atoms with Crippen LogP contribution in [0.15, 0.2) is 53.4 Å². The van der Waals surface area contributed by atoms with Crippen LogP contribution in [0.4, 0.5) is 14.6 Å². The molecular weight excluding hydrogens is 392 g/mol. The zero-order valence-electron chi connectivity index (χ0n) is 15.7. The first kappa shape index (κ1) is 18.4. The summed E-state index contributed by atoms with van der Waals surface area (Å²) in [6.07, 6.45) is 2.56. The zero-order valence-corrected chi connectivity index (χ0v) is 15.7. The van der Waals surface area contributed by atoms with Crippen molar-refractivity contribution in [3.05, 3.63) is 66.1 Å². The number of hydrogen-bond acceptors (Lipinski definition) is 7. The average Bonchev–Trinajstić information content (AvgIpc) is 3.38. The molecule has 3 aromatic heterocycles. The highest BCUT2D eigenvalue weighted by atomic mass is 19.1. The van der Waals surface area contributed by atoms with Gasteiger partial charge in [0.25, 0.3) is 0 Å². The first-order valence-corrected chi connectivity index (χ1v) is 9.34. The second-order valence-electron chi connectivity index (χ2n) is 7.08. The minimum atomic E-state index is -0.520. The number of rotatable bonds is 5. The van der Waals surface area contributed by atoms with Crippen LogP contribution in [0.25, 0.3) is 22.9 Å². The molecule has 0 amide bonds. The van der Waals surface area contributed by atoms with Crippen LogP contribution in [0.5, 0.6) is 0 Å². The van der Waals surface area contributed by atoms with Crippen molar-refractivity contribution in [2.45, 2.75) is 12.6 Å². The molecule has 8 nitrogen and oxygen atoms in total. The predicted octanol–water partition coefficient (Wildman–Crippen LogP) is 2.47. The molecule has 1 aromatic carbocycles. The van der Waals surface area contributed by atoms with Crippen molar-refractivity contribution in [3.8, 4) is 22.9 Å². The number of aromatic nitrogens is 5. The lowest BCUT2D eigenvalue weighted by molar-refractivity contribution is 0.421. The molecule has 0 bridgehead atoms. The van der Waals surface area contributed by atoms with Gasteiger partial charge in [-0.3, -0.25) is 4.68 Å². The van der Waals surface area contributed by atoms with Crippen LogP contribution in [-0.2, 0) is 6.54 Å². The fourth-order valence-electron chi connectivity index (χ4n) is 3.37. The Balaban J connectivity index is 1.55. The third kappa shape index (κ3) is 3.30. The quantitative estimate of drug-likeness (QED) is 0.541. The summed E-state index contributed by atoms with van der Waals surface area (Å²) in [6, 6.07) is 9.86. The fraction of sp³-hybridized carbons (Fsp3) is 0.200. The van der Waals surface area contributed by atoms with Gasteiger partial charge < -0.3 is 15.2 Å². The molecule has 0 atom stereocenters. The molecule has 0 spiro atoms. The van der Waals surface area contributed by atoms with Gasteiger partial charge in [-0.2, -0.15) is 5.10 Å². The van der Waals surface area contributed by atoms with E-state index in [1.54, 1.807) is 39.9 Å². The summed E-state index contributed by atoms with van der Waals surface area (Å²) >= 11 is 0. The van der Waals surface area contributed by atoms with Gasteiger partial charge in [0.15, 0.2) is 17.5 Å². The molecule has 0 unspecified atom stereocenters. The maximum Gasteiger partial charge on any atom is 0.183 e. The lowest BCUT2D eigenvalue weighted by Gasteiger charge is -2.37. The van der Waals surface area contributed by atoms with E-state index < -0.39 is 5.82 Å². The van der Waals surface area contributed by atoms with Gasteiger partial charge in [0.1, 0.15) is 23.5 Å². The number of anilines is 1. The van der Waals surface area contributed by atoms with Crippen LogP contribution < -0.4 is 10.6 Å². The van der Waals surface area contributed by atoms with E-state index in [-0.39, 0.29) is 30.0 Å². The molecule has 0 radical (unpaired) electrons. The van der Waals surface area contributed by atoms with Gasteiger partial charge >= 0.3 is 0 Å². The minimum Gasteiger partial charge on any atom is -0.364 e. The Labute approximate surface area is 169 Å². The highest BCUT2D eigenvalue weighted by Crippen LogP contribution is 2.27. The van der Waals surface area contributed by atoms with E-state index in [0.29, 0.717) is 35.7 Å². The fourth-order valence-corrected chi connectivity index (χ4v) is 3.37. The van der Waals surface area contributed by atoms with Gasteiger partial charge in [-0.25, -0.2) is 18.7 Å². The van der Waals surface area contributed by atoms with Crippen LogP contribution >= 0.6 is 0 Å². The molecule has 5 rings (SSSR count). The molecule has 1 fully saturated rings. The second kappa shape index (κ2) is 7.30. The third-order valence-corrected chi connectivity index (χ3v) is 4.92. The summed E-state index contributed by atoms with van der Waals surface area (Å²) in [5.74, 6) is -0.416. The van der Waals surface area contributed by atoms with Gasteiger partial charge in [-0.15, -0.1) is 0 Å². The molecular formula is C20H17F2N7O. The summed E-state index contributed by atoms with van der Waals surface area (Å²) in [5, 5.41) is 8.50. The van der Waals surface area contributed by atoms with Crippen LogP contribution in [0, 0.1) is 11.6 Å². The molecule has 4 aromatic rings. The largest absolute Gasteiger partial charge is 0.364 e. The first-order valence-electron chi connectivity index (χ1n) is 9.34. The summed E-state index contributed by atoms with van der Waals surface area (Å²) in [5.41, 5.74) is 7.80. The molecule has 1 aliphatic heterocycles. The van der Waals surface area contributed by atoms with Crippen LogP contribution in [0.2, 0.25) is 0 Å². The standard InChI is InChI=1S/C20H17F2N7O/c21-14-4-2-1-3-12(14)9-29-18(16-5-6-30-27-16)7-17(26-29)19-24-8-15(22)20(25-19)28-10-13(23)11-28/h1-8,13H,9-11,23H2.